The monoisotopic (exact) mass is 378 g/mol. The molecule has 10 heteroatoms. The molecule has 140 valence electrons. The molecule has 0 fully saturated rings. The van der Waals surface area contributed by atoms with E-state index in [1.54, 1.807) is 28.8 Å². The molecule has 0 aliphatic heterocycles. The van der Waals surface area contributed by atoms with Gasteiger partial charge in [-0.25, -0.2) is 4.68 Å². The largest absolute Gasteiger partial charge is 0.336 e. The summed E-state index contributed by atoms with van der Waals surface area (Å²) in [7, 11) is 1.78. The zero-order valence-electron chi connectivity index (χ0n) is 15.0. The molecule has 9 nitrogen and oxygen atoms in total. The summed E-state index contributed by atoms with van der Waals surface area (Å²) in [6.45, 7) is 4.44. The van der Waals surface area contributed by atoms with E-state index in [0.717, 1.165) is 22.9 Å². The van der Waals surface area contributed by atoms with Crippen LogP contribution in [0, 0.1) is 10.1 Å². The van der Waals surface area contributed by atoms with Crippen LogP contribution in [-0.2, 0) is 11.8 Å². The van der Waals surface area contributed by atoms with Crippen LogP contribution in [0.25, 0.3) is 0 Å². The molecule has 1 amide bonds. The van der Waals surface area contributed by atoms with Gasteiger partial charge in [-0.15, -0.1) is 5.10 Å². The number of carbonyl (C=O) groups is 1. The van der Waals surface area contributed by atoms with E-state index in [2.05, 4.69) is 15.5 Å². The fourth-order valence-corrected chi connectivity index (χ4v) is 3.38. The highest BCUT2D eigenvalue weighted by atomic mass is 32.2. The number of carbonyl (C=O) groups excluding carboxylic acids is 1. The van der Waals surface area contributed by atoms with Crippen LogP contribution in [0.5, 0.6) is 0 Å². The van der Waals surface area contributed by atoms with Crippen molar-refractivity contribution in [3.8, 4) is 0 Å². The van der Waals surface area contributed by atoms with Gasteiger partial charge in [0, 0.05) is 37.9 Å². The molecule has 0 radical (unpaired) electrons. The van der Waals surface area contributed by atoms with Crippen molar-refractivity contribution in [3.05, 3.63) is 39.9 Å². The number of aromatic nitrogens is 4. The highest BCUT2D eigenvalue weighted by Gasteiger charge is 2.20. The first-order valence-corrected chi connectivity index (χ1v) is 9.31. The number of nitrogens with zero attached hydrogens (tertiary/aromatic N) is 6. The third-order valence-electron chi connectivity index (χ3n) is 4.06. The predicted molar refractivity (Wildman–Crippen MR) is 97.7 cm³/mol. The third-order valence-corrected chi connectivity index (χ3v) is 5.16. The Balaban J connectivity index is 1.88. The number of amides is 1. The Kier molecular flexibility index (Phi) is 7.07. The van der Waals surface area contributed by atoms with E-state index >= 15 is 0 Å². The molecule has 2 rings (SSSR count). The van der Waals surface area contributed by atoms with Crippen molar-refractivity contribution in [3.63, 3.8) is 0 Å². The fourth-order valence-electron chi connectivity index (χ4n) is 2.59. The smallest absolute Gasteiger partial charge is 0.269 e. The number of non-ortho nitro benzene ring substituents is 1. The summed E-state index contributed by atoms with van der Waals surface area (Å²) in [6, 6.07) is 6.21. The average molecular weight is 378 g/mol. The van der Waals surface area contributed by atoms with Gasteiger partial charge in [0.05, 0.1) is 11.0 Å². The highest BCUT2D eigenvalue weighted by molar-refractivity contribution is 7.99. The number of hydrogen-bond donors (Lipinski definition) is 0. The maximum Gasteiger partial charge on any atom is 0.269 e. The fraction of sp³-hybridized carbons (Fsp3) is 0.500. The van der Waals surface area contributed by atoms with Gasteiger partial charge in [-0.1, -0.05) is 23.9 Å². The van der Waals surface area contributed by atoms with Crippen molar-refractivity contribution in [2.24, 2.45) is 7.05 Å². The van der Waals surface area contributed by atoms with Crippen molar-refractivity contribution < 1.29 is 9.72 Å². The molecule has 0 saturated carbocycles. The van der Waals surface area contributed by atoms with E-state index < -0.39 is 4.92 Å². The van der Waals surface area contributed by atoms with Crippen molar-refractivity contribution in [2.45, 2.75) is 37.9 Å². The van der Waals surface area contributed by atoms with E-state index in [0.29, 0.717) is 13.0 Å². The van der Waals surface area contributed by atoms with E-state index in [4.69, 9.17) is 0 Å². The van der Waals surface area contributed by atoms with Crippen molar-refractivity contribution >= 4 is 23.4 Å². The van der Waals surface area contributed by atoms with E-state index in [1.165, 1.54) is 23.9 Å². The molecule has 26 heavy (non-hydrogen) atoms. The van der Waals surface area contributed by atoms with E-state index in [1.807, 2.05) is 13.8 Å². The van der Waals surface area contributed by atoms with Gasteiger partial charge in [0.25, 0.3) is 5.69 Å². The Morgan fingerprint density at radius 1 is 1.38 bits per heavy atom. The standard InChI is InChI=1S/C16H22N6O3S/c1-4-21(12(2)13-7-9-14(10-8-13)22(24)25)15(23)6-5-11-26-16-17-18-19-20(16)3/h7-10,12H,4-6,11H2,1-3H3. The van der Waals surface area contributed by atoms with Gasteiger partial charge in [-0.3, -0.25) is 14.9 Å². The lowest BCUT2D eigenvalue weighted by atomic mass is 10.1. The van der Waals surface area contributed by atoms with Crippen molar-refractivity contribution in [2.75, 3.05) is 12.3 Å². The zero-order valence-corrected chi connectivity index (χ0v) is 15.8. The normalized spacial score (nSPS) is 12.0. The first kappa shape index (κ1) is 19.8. The third kappa shape index (κ3) is 5.01. The molecule has 0 aliphatic carbocycles. The molecule has 1 aromatic heterocycles. The number of nitro benzene ring substituents is 1. The Morgan fingerprint density at radius 2 is 2.08 bits per heavy atom. The lowest BCUT2D eigenvalue weighted by Gasteiger charge is -2.28. The zero-order chi connectivity index (χ0) is 19.1. The lowest BCUT2D eigenvalue weighted by Crippen LogP contribution is -2.33. The second-order valence-electron chi connectivity index (χ2n) is 5.74. The van der Waals surface area contributed by atoms with Crippen molar-refractivity contribution in [1.82, 2.24) is 25.1 Å². The number of tetrazole rings is 1. The number of hydrogen-bond acceptors (Lipinski definition) is 7. The summed E-state index contributed by atoms with van der Waals surface area (Å²) in [4.78, 5) is 24.7. The average Bonchev–Trinajstić information content (AvgIpc) is 3.04. The molecule has 1 atom stereocenters. The second-order valence-corrected chi connectivity index (χ2v) is 6.80. The minimum Gasteiger partial charge on any atom is -0.336 e. The molecule has 1 aromatic carbocycles. The summed E-state index contributed by atoms with van der Waals surface area (Å²) in [5, 5.41) is 22.7. The van der Waals surface area contributed by atoms with Crippen LogP contribution in [0.2, 0.25) is 0 Å². The quantitative estimate of drug-likeness (QED) is 0.286. The van der Waals surface area contributed by atoms with Crippen LogP contribution >= 0.6 is 11.8 Å². The van der Waals surface area contributed by atoms with Gasteiger partial charge >= 0.3 is 0 Å². The van der Waals surface area contributed by atoms with Crippen molar-refractivity contribution in [1.29, 1.82) is 0 Å². The minimum absolute atomic E-state index is 0.0469. The summed E-state index contributed by atoms with van der Waals surface area (Å²) in [6.07, 6.45) is 1.16. The Morgan fingerprint density at radius 3 is 2.62 bits per heavy atom. The maximum absolute atomic E-state index is 12.6. The van der Waals surface area contributed by atoms with Gasteiger partial charge in [0.15, 0.2) is 0 Å². The van der Waals surface area contributed by atoms with Gasteiger partial charge in [0.1, 0.15) is 0 Å². The Bertz CT molecular complexity index is 749. The number of rotatable bonds is 9. The molecule has 1 heterocycles. The molecule has 0 spiro atoms. The summed E-state index contributed by atoms with van der Waals surface area (Å²) >= 11 is 1.52. The second kappa shape index (κ2) is 9.27. The summed E-state index contributed by atoms with van der Waals surface area (Å²) < 4.78 is 1.60. The van der Waals surface area contributed by atoms with E-state index in [9.17, 15) is 14.9 Å². The lowest BCUT2D eigenvalue weighted by molar-refractivity contribution is -0.384. The van der Waals surface area contributed by atoms with Crippen LogP contribution in [0.1, 0.15) is 38.3 Å². The molecule has 0 bridgehead atoms. The van der Waals surface area contributed by atoms with Gasteiger partial charge < -0.3 is 4.90 Å². The molecule has 1 unspecified atom stereocenters. The van der Waals surface area contributed by atoms with Gasteiger partial charge in [0.2, 0.25) is 11.1 Å². The van der Waals surface area contributed by atoms with Crippen LogP contribution in [0.4, 0.5) is 5.69 Å². The molecule has 2 aromatic rings. The molecule has 0 N–H and O–H groups in total. The van der Waals surface area contributed by atoms with Crippen LogP contribution in [0.15, 0.2) is 29.4 Å². The Labute approximate surface area is 155 Å². The number of thioether (sulfide) groups is 1. The van der Waals surface area contributed by atoms with Gasteiger partial charge in [-0.2, -0.15) is 0 Å². The molecule has 0 aliphatic rings. The molecular formula is C16H22N6O3S. The molecule has 0 saturated heterocycles. The first-order chi connectivity index (χ1) is 12.4. The highest BCUT2D eigenvalue weighted by Crippen LogP contribution is 2.24. The number of nitro groups is 1. The SMILES string of the molecule is CCN(C(=O)CCCSc1nnnn1C)C(C)c1ccc([N+](=O)[O-])cc1. The predicted octanol–water partition coefficient (Wildman–Crippen LogP) is 2.60. The first-order valence-electron chi connectivity index (χ1n) is 8.33. The number of aryl methyl sites for hydroxylation is 1. The topological polar surface area (TPSA) is 107 Å². The number of benzene rings is 1. The Hall–Kier alpha value is -2.49. The van der Waals surface area contributed by atoms with Crippen LogP contribution in [-0.4, -0.2) is 48.2 Å². The minimum atomic E-state index is -0.429. The van der Waals surface area contributed by atoms with Gasteiger partial charge in [-0.05, 0) is 36.3 Å². The van der Waals surface area contributed by atoms with Crippen LogP contribution in [0.3, 0.4) is 0 Å². The summed E-state index contributed by atoms with van der Waals surface area (Å²) in [5.41, 5.74) is 0.927. The van der Waals surface area contributed by atoms with Crippen LogP contribution < -0.4 is 0 Å². The van der Waals surface area contributed by atoms with E-state index in [-0.39, 0.29) is 17.6 Å². The molecular weight excluding hydrogens is 356 g/mol. The maximum atomic E-state index is 12.6. The summed E-state index contributed by atoms with van der Waals surface area (Å²) in [5.74, 6) is 0.818.